The Hall–Kier alpha value is -1.14. The van der Waals surface area contributed by atoms with E-state index in [-0.39, 0.29) is 23.8 Å². The van der Waals surface area contributed by atoms with Gasteiger partial charge in [-0.2, -0.15) is 0 Å². The molecule has 2 amide bonds. The van der Waals surface area contributed by atoms with Gasteiger partial charge >= 0.3 is 0 Å². The van der Waals surface area contributed by atoms with E-state index in [1.165, 1.54) is 0 Å². The highest BCUT2D eigenvalue weighted by atomic mass is 16.5. The first-order chi connectivity index (χ1) is 9.13. The lowest BCUT2D eigenvalue weighted by atomic mass is 9.85. The summed E-state index contributed by atoms with van der Waals surface area (Å²) < 4.78 is 4.83. The molecule has 1 saturated carbocycles. The molecule has 0 aromatic heterocycles. The van der Waals surface area contributed by atoms with Crippen molar-refractivity contribution in [2.24, 2.45) is 11.7 Å². The summed E-state index contributed by atoms with van der Waals surface area (Å²) >= 11 is 0. The van der Waals surface area contributed by atoms with Crippen molar-refractivity contribution in [1.29, 1.82) is 0 Å². The fraction of sp³-hybridized carbons (Fsp3) is 0.846. The topological polar surface area (TPSA) is 93.5 Å². The molecule has 2 atom stereocenters. The molecule has 1 aliphatic rings. The molecule has 0 spiro atoms. The number of nitrogens with two attached hydrogens (primary N) is 1. The number of ether oxygens (including phenoxy) is 1. The van der Waals surface area contributed by atoms with Gasteiger partial charge in [0.15, 0.2) is 0 Å². The molecule has 6 nitrogen and oxygen atoms in total. The van der Waals surface area contributed by atoms with Crippen LogP contribution in [0, 0.1) is 5.92 Å². The van der Waals surface area contributed by atoms with Crippen molar-refractivity contribution < 1.29 is 14.3 Å². The molecule has 2 unspecified atom stereocenters. The summed E-state index contributed by atoms with van der Waals surface area (Å²) in [7, 11) is 1.58. The molecule has 0 heterocycles. The molecule has 0 radical (unpaired) electrons. The molecular weight excluding hydrogens is 246 g/mol. The van der Waals surface area contributed by atoms with E-state index in [1.54, 1.807) is 7.11 Å². The van der Waals surface area contributed by atoms with Crippen molar-refractivity contribution in [1.82, 2.24) is 10.6 Å². The average molecular weight is 271 g/mol. The zero-order valence-corrected chi connectivity index (χ0v) is 11.6. The number of nitrogens with one attached hydrogen (secondary N) is 2. The highest BCUT2D eigenvalue weighted by Crippen LogP contribution is 2.22. The van der Waals surface area contributed by atoms with Gasteiger partial charge in [0.2, 0.25) is 11.8 Å². The molecule has 0 aromatic rings. The molecule has 1 fully saturated rings. The lowest BCUT2D eigenvalue weighted by molar-refractivity contribution is -0.126. The summed E-state index contributed by atoms with van der Waals surface area (Å²) in [4.78, 5) is 23.3. The minimum Gasteiger partial charge on any atom is -0.383 e. The van der Waals surface area contributed by atoms with E-state index in [0.717, 1.165) is 25.7 Å². The van der Waals surface area contributed by atoms with E-state index in [2.05, 4.69) is 10.6 Å². The molecule has 1 aliphatic carbocycles. The number of hydrogen-bond acceptors (Lipinski definition) is 4. The SMILES string of the molecule is COCCNC(=O)CCNC(=O)C1CCCC(N)C1. The predicted molar refractivity (Wildman–Crippen MR) is 72.4 cm³/mol. The molecule has 19 heavy (non-hydrogen) atoms. The second-order valence-electron chi connectivity index (χ2n) is 5.01. The monoisotopic (exact) mass is 271 g/mol. The molecule has 0 aliphatic heterocycles. The van der Waals surface area contributed by atoms with Gasteiger partial charge in [-0.25, -0.2) is 0 Å². The summed E-state index contributed by atoms with van der Waals surface area (Å²) in [5.74, 6) is -0.0298. The Balaban J connectivity index is 2.11. The van der Waals surface area contributed by atoms with Gasteiger partial charge in [-0.1, -0.05) is 6.42 Å². The lowest BCUT2D eigenvalue weighted by Crippen LogP contribution is -2.39. The van der Waals surface area contributed by atoms with Crippen LogP contribution in [0.2, 0.25) is 0 Å². The average Bonchev–Trinajstić information content (AvgIpc) is 2.39. The third-order valence-electron chi connectivity index (χ3n) is 3.37. The first-order valence-corrected chi connectivity index (χ1v) is 6.92. The molecule has 4 N–H and O–H groups in total. The van der Waals surface area contributed by atoms with Crippen molar-refractivity contribution in [2.75, 3.05) is 26.8 Å². The Morgan fingerprint density at radius 2 is 2.05 bits per heavy atom. The van der Waals surface area contributed by atoms with Crippen LogP contribution in [0.25, 0.3) is 0 Å². The molecular formula is C13H25N3O3. The highest BCUT2D eigenvalue weighted by molar-refractivity contribution is 5.80. The van der Waals surface area contributed by atoms with Gasteiger partial charge in [-0.05, 0) is 19.3 Å². The quantitative estimate of drug-likeness (QED) is 0.558. The number of methoxy groups -OCH3 is 1. The van der Waals surface area contributed by atoms with Crippen molar-refractivity contribution >= 4 is 11.8 Å². The predicted octanol–water partition coefficient (Wildman–Crippen LogP) is -0.227. The summed E-state index contributed by atoms with van der Waals surface area (Å²) in [6.45, 7) is 1.38. The number of carbonyl (C=O) groups excluding carboxylic acids is 2. The Bertz CT molecular complexity index is 297. The molecule has 0 saturated heterocycles. The second kappa shape index (κ2) is 8.87. The van der Waals surface area contributed by atoms with Crippen LogP contribution in [0.5, 0.6) is 0 Å². The highest BCUT2D eigenvalue weighted by Gasteiger charge is 2.24. The van der Waals surface area contributed by atoms with E-state index < -0.39 is 0 Å². The summed E-state index contributed by atoms with van der Waals surface area (Å²) in [6, 6.07) is 0.141. The van der Waals surface area contributed by atoms with Crippen LogP contribution in [0.1, 0.15) is 32.1 Å². The van der Waals surface area contributed by atoms with Crippen LogP contribution in [0.15, 0.2) is 0 Å². The Kier molecular flexibility index (Phi) is 7.43. The Morgan fingerprint density at radius 1 is 1.26 bits per heavy atom. The zero-order valence-electron chi connectivity index (χ0n) is 11.6. The summed E-state index contributed by atoms with van der Waals surface area (Å²) in [5, 5.41) is 5.52. The second-order valence-corrected chi connectivity index (χ2v) is 5.01. The van der Waals surface area contributed by atoms with Crippen LogP contribution in [-0.4, -0.2) is 44.7 Å². The Morgan fingerprint density at radius 3 is 2.74 bits per heavy atom. The molecule has 1 rings (SSSR count). The number of carbonyl (C=O) groups is 2. The van der Waals surface area contributed by atoms with E-state index in [9.17, 15) is 9.59 Å². The number of hydrogen-bond donors (Lipinski definition) is 3. The molecule has 110 valence electrons. The van der Waals surface area contributed by atoms with Crippen LogP contribution >= 0.6 is 0 Å². The van der Waals surface area contributed by atoms with E-state index in [0.29, 0.717) is 26.1 Å². The van der Waals surface area contributed by atoms with E-state index >= 15 is 0 Å². The molecule has 6 heteroatoms. The molecule has 0 aromatic carbocycles. The van der Waals surface area contributed by atoms with Gasteiger partial charge in [0.1, 0.15) is 0 Å². The van der Waals surface area contributed by atoms with Gasteiger partial charge in [-0.3, -0.25) is 9.59 Å². The van der Waals surface area contributed by atoms with Gasteiger partial charge in [0, 0.05) is 38.6 Å². The van der Waals surface area contributed by atoms with Crippen molar-refractivity contribution in [2.45, 2.75) is 38.1 Å². The van der Waals surface area contributed by atoms with Gasteiger partial charge < -0.3 is 21.1 Å². The number of amides is 2. The van der Waals surface area contributed by atoms with Crippen molar-refractivity contribution in [3.8, 4) is 0 Å². The van der Waals surface area contributed by atoms with E-state index in [4.69, 9.17) is 10.5 Å². The third kappa shape index (κ3) is 6.54. The first-order valence-electron chi connectivity index (χ1n) is 6.92. The van der Waals surface area contributed by atoms with Crippen LogP contribution < -0.4 is 16.4 Å². The minimum atomic E-state index is -0.0716. The normalized spacial score (nSPS) is 22.8. The first kappa shape index (κ1) is 15.9. The fourth-order valence-corrected chi connectivity index (χ4v) is 2.29. The smallest absolute Gasteiger partial charge is 0.223 e. The zero-order chi connectivity index (χ0) is 14.1. The van der Waals surface area contributed by atoms with E-state index in [1.807, 2.05) is 0 Å². The number of rotatable bonds is 7. The Labute approximate surface area is 114 Å². The van der Waals surface area contributed by atoms with Gasteiger partial charge in [0.05, 0.1) is 6.61 Å². The maximum Gasteiger partial charge on any atom is 0.223 e. The van der Waals surface area contributed by atoms with Crippen LogP contribution in [-0.2, 0) is 14.3 Å². The van der Waals surface area contributed by atoms with Crippen LogP contribution in [0.4, 0.5) is 0 Å². The summed E-state index contributed by atoms with van der Waals surface area (Å²) in [6.07, 6.45) is 3.97. The van der Waals surface area contributed by atoms with Crippen molar-refractivity contribution in [3.63, 3.8) is 0 Å². The fourth-order valence-electron chi connectivity index (χ4n) is 2.29. The van der Waals surface area contributed by atoms with Gasteiger partial charge in [-0.15, -0.1) is 0 Å². The molecule has 0 bridgehead atoms. The lowest BCUT2D eigenvalue weighted by Gasteiger charge is -2.25. The summed E-state index contributed by atoms with van der Waals surface area (Å²) in [5.41, 5.74) is 5.85. The maximum absolute atomic E-state index is 11.9. The van der Waals surface area contributed by atoms with Gasteiger partial charge in [0.25, 0.3) is 0 Å². The largest absolute Gasteiger partial charge is 0.383 e. The standard InChI is InChI=1S/C13H25N3O3/c1-19-8-7-15-12(17)5-6-16-13(18)10-3-2-4-11(14)9-10/h10-11H,2-9,14H2,1H3,(H,15,17)(H,16,18). The minimum absolute atomic E-state index is 0.0142. The van der Waals surface area contributed by atoms with Crippen molar-refractivity contribution in [3.05, 3.63) is 0 Å². The van der Waals surface area contributed by atoms with Crippen LogP contribution in [0.3, 0.4) is 0 Å². The third-order valence-corrected chi connectivity index (χ3v) is 3.37. The maximum atomic E-state index is 11.9.